The van der Waals surface area contributed by atoms with Gasteiger partial charge in [-0.05, 0) is 25.1 Å². The zero-order valence-corrected chi connectivity index (χ0v) is 12.2. The van der Waals surface area contributed by atoms with E-state index in [-0.39, 0.29) is 5.56 Å². The molecule has 0 amide bonds. The van der Waals surface area contributed by atoms with Gasteiger partial charge in [0.2, 0.25) is 0 Å². The van der Waals surface area contributed by atoms with Crippen LogP contribution in [0, 0.1) is 0 Å². The summed E-state index contributed by atoms with van der Waals surface area (Å²) in [4.78, 5) is 22.6. The second-order valence-electron chi connectivity index (χ2n) is 4.91. The first-order valence-electron chi connectivity index (χ1n) is 6.57. The molecule has 1 aromatic carbocycles. The second kappa shape index (κ2) is 7.88. The van der Waals surface area contributed by atoms with Crippen molar-refractivity contribution in [1.82, 2.24) is 0 Å². The van der Waals surface area contributed by atoms with Gasteiger partial charge in [-0.2, -0.15) is 0 Å². The highest BCUT2D eigenvalue weighted by Gasteiger charge is 2.33. The summed E-state index contributed by atoms with van der Waals surface area (Å²) in [6.45, 7) is 0.258. The normalized spacial score (nSPS) is 16.2. The summed E-state index contributed by atoms with van der Waals surface area (Å²) in [6.07, 6.45) is -7.51. The number of aliphatic hydroxyl groups excluding tert-OH is 4. The molecule has 0 spiro atoms. The molecule has 9 heteroatoms. The molecule has 0 fully saturated rings. The van der Waals surface area contributed by atoms with E-state index in [1.165, 1.54) is 0 Å². The molecule has 9 nitrogen and oxygen atoms in total. The lowest BCUT2D eigenvalue weighted by molar-refractivity contribution is -0.145. The van der Waals surface area contributed by atoms with E-state index in [9.17, 15) is 35.1 Å². The van der Waals surface area contributed by atoms with Crippen molar-refractivity contribution in [2.45, 2.75) is 31.3 Å². The molecule has 6 N–H and O–H groups in total. The maximum atomic E-state index is 11.7. The summed E-state index contributed by atoms with van der Waals surface area (Å²) < 4.78 is 4.68. The van der Waals surface area contributed by atoms with Crippen molar-refractivity contribution >= 4 is 11.8 Å². The minimum atomic E-state index is -1.95. The van der Waals surface area contributed by atoms with Crippen molar-refractivity contribution in [3.8, 4) is 11.5 Å². The number of carbonyl (C=O) groups excluding carboxylic acids is 2. The smallest absolute Gasteiger partial charge is 0.338 e. The molecule has 1 rings (SSSR count). The summed E-state index contributed by atoms with van der Waals surface area (Å²) in [5.41, 5.74) is -0.119. The van der Waals surface area contributed by atoms with Gasteiger partial charge in [-0.15, -0.1) is 0 Å². The molecule has 0 saturated heterocycles. The predicted molar refractivity (Wildman–Crippen MR) is 74.8 cm³/mol. The van der Waals surface area contributed by atoms with Crippen molar-refractivity contribution in [3.63, 3.8) is 0 Å². The Kier molecular flexibility index (Phi) is 6.46. The Morgan fingerprint density at radius 3 is 2.17 bits per heavy atom. The van der Waals surface area contributed by atoms with Crippen molar-refractivity contribution in [1.29, 1.82) is 0 Å². The standard InChI is InChI=1S/C14H18O9/c1-6(15)11(19)13(21)12(20)10(18)5-23-14(22)7-2-3-8(16)9(17)4-7/h2-4,10-13,16-21H,5H2,1H3. The second-order valence-corrected chi connectivity index (χ2v) is 4.91. The van der Waals surface area contributed by atoms with Crippen LogP contribution in [0.2, 0.25) is 0 Å². The topological polar surface area (TPSA) is 165 Å². The van der Waals surface area contributed by atoms with E-state index < -0.39 is 54.3 Å². The van der Waals surface area contributed by atoms with Gasteiger partial charge in [-0.25, -0.2) is 4.79 Å². The van der Waals surface area contributed by atoms with Crippen LogP contribution in [0.4, 0.5) is 0 Å². The third-order valence-electron chi connectivity index (χ3n) is 3.08. The molecule has 0 aromatic heterocycles. The number of aliphatic hydroxyl groups is 4. The number of hydrogen-bond acceptors (Lipinski definition) is 9. The molecule has 1 aromatic rings. The Bertz CT molecular complexity index is 571. The number of aromatic hydroxyl groups is 2. The number of benzene rings is 1. The quantitative estimate of drug-likeness (QED) is 0.252. The van der Waals surface area contributed by atoms with Crippen molar-refractivity contribution < 1.29 is 45.0 Å². The Morgan fingerprint density at radius 2 is 1.65 bits per heavy atom. The summed E-state index contributed by atoms with van der Waals surface area (Å²) in [5, 5.41) is 56.4. The number of phenols is 2. The van der Waals surface area contributed by atoms with E-state index in [1.54, 1.807) is 0 Å². The molecule has 4 unspecified atom stereocenters. The summed E-state index contributed by atoms with van der Waals surface area (Å²) in [7, 11) is 0. The van der Waals surface area contributed by atoms with Crippen LogP contribution in [-0.4, -0.2) is 73.4 Å². The van der Waals surface area contributed by atoms with Crippen LogP contribution >= 0.6 is 0 Å². The molecular formula is C14H18O9. The molecule has 0 bridgehead atoms. The van der Waals surface area contributed by atoms with Crippen LogP contribution in [0.3, 0.4) is 0 Å². The summed E-state index contributed by atoms with van der Waals surface area (Å²) >= 11 is 0. The lowest BCUT2D eigenvalue weighted by Gasteiger charge is -2.25. The van der Waals surface area contributed by atoms with E-state index in [1.807, 2.05) is 0 Å². The molecular weight excluding hydrogens is 312 g/mol. The van der Waals surface area contributed by atoms with Gasteiger partial charge >= 0.3 is 5.97 Å². The highest BCUT2D eigenvalue weighted by Crippen LogP contribution is 2.25. The van der Waals surface area contributed by atoms with Gasteiger partial charge in [-0.1, -0.05) is 0 Å². The molecule has 4 atom stereocenters. The highest BCUT2D eigenvalue weighted by molar-refractivity contribution is 5.90. The summed E-state index contributed by atoms with van der Waals surface area (Å²) in [6, 6.07) is 3.16. The third-order valence-corrected chi connectivity index (χ3v) is 3.08. The predicted octanol–water partition coefficient (Wildman–Crippen LogP) is -1.71. The number of hydrogen-bond donors (Lipinski definition) is 6. The zero-order valence-electron chi connectivity index (χ0n) is 12.2. The lowest BCUT2D eigenvalue weighted by atomic mass is 10.0. The van der Waals surface area contributed by atoms with Crippen molar-refractivity contribution in [2.75, 3.05) is 6.61 Å². The Morgan fingerprint density at radius 1 is 1.04 bits per heavy atom. The molecule has 0 radical (unpaired) electrons. The molecule has 0 aliphatic rings. The van der Waals surface area contributed by atoms with Crippen LogP contribution in [0.5, 0.6) is 11.5 Å². The van der Waals surface area contributed by atoms with Gasteiger partial charge in [-0.3, -0.25) is 4.79 Å². The van der Waals surface area contributed by atoms with Crippen LogP contribution in [-0.2, 0) is 9.53 Å². The SMILES string of the molecule is CC(=O)C(O)C(O)C(O)C(O)COC(=O)c1ccc(O)c(O)c1. The van der Waals surface area contributed by atoms with Gasteiger partial charge in [0.1, 0.15) is 31.0 Å². The maximum absolute atomic E-state index is 11.7. The number of phenolic OH excluding ortho intramolecular Hbond substituents is 2. The fourth-order valence-corrected chi connectivity index (χ4v) is 1.65. The molecule has 0 aliphatic carbocycles. The molecule has 0 heterocycles. The molecule has 23 heavy (non-hydrogen) atoms. The van der Waals surface area contributed by atoms with E-state index >= 15 is 0 Å². The average molecular weight is 330 g/mol. The van der Waals surface area contributed by atoms with Crippen LogP contribution in [0.1, 0.15) is 17.3 Å². The third kappa shape index (κ3) is 4.89. The fourth-order valence-electron chi connectivity index (χ4n) is 1.65. The Balaban J connectivity index is 2.60. The van der Waals surface area contributed by atoms with Crippen molar-refractivity contribution in [3.05, 3.63) is 23.8 Å². The fraction of sp³-hybridized carbons (Fsp3) is 0.429. The maximum Gasteiger partial charge on any atom is 0.338 e. The van der Waals surface area contributed by atoms with Crippen LogP contribution in [0.15, 0.2) is 18.2 Å². The first-order chi connectivity index (χ1) is 10.6. The molecule has 0 saturated carbocycles. The lowest BCUT2D eigenvalue weighted by Crippen LogP contribution is -2.48. The van der Waals surface area contributed by atoms with Gasteiger partial charge in [0, 0.05) is 0 Å². The number of Topliss-reactive ketones (excluding diaryl/α,β-unsaturated/α-hetero) is 1. The monoisotopic (exact) mass is 330 g/mol. The van der Waals surface area contributed by atoms with E-state index in [0.29, 0.717) is 0 Å². The first kappa shape index (κ1) is 18.8. The Labute approximate surface area is 131 Å². The van der Waals surface area contributed by atoms with Gasteiger partial charge < -0.3 is 35.4 Å². The number of esters is 1. The average Bonchev–Trinajstić information content (AvgIpc) is 2.52. The zero-order chi connectivity index (χ0) is 17.7. The van der Waals surface area contributed by atoms with Crippen LogP contribution in [0.25, 0.3) is 0 Å². The minimum Gasteiger partial charge on any atom is -0.504 e. The molecule has 0 aliphatic heterocycles. The largest absolute Gasteiger partial charge is 0.504 e. The van der Waals surface area contributed by atoms with Gasteiger partial charge in [0.05, 0.1) is 5.56 Å². The number of ether oxygens (including phenoxy) is 1. The highest BCUT2D eigenvalue weighted by atomic mass is 16.5. The minimum absolute atomic E-state index is 0.119. The van der Waals surface area contributed by atoms with Gasteiger partial charge in [0.15, 0.2) is 17.3 Å². The number of ketones is 1. The van der Waals surface area contributed by atoms with E-state index in [4.69, 9.17) is 5.11 Å². The molecule has 128 valence electrons. The van der Waals surface area contributed by atoms with E-state index in [2.05, 4.69) is 4.74 Å². The Hall–Kier alpha value is -2.20. The van der Waals surface area contributed by atoms with E-state index in [0.717, 1.165) is 25.1 Å². The number of rotatable bonds is 7. The van der Waals surface area contributed by atoms with Gasteiger partial charge in [0.25, 0.3) is 0 Å². The van der Waals surface area contributed by atoms with Crippen LogP contribution < -0.4 is 0 Å². The first-order valence-corrected chi connectivity index (χ1v) is 6.57. The number of carbonyl (C=O) groups is 2. The summed E-state index contributed by atoms with van der Waals surface area (Å²) in [5.74, 6) is -2.74. The van der Waals surface area contributed by atoms with Crippen molar-refractivity contribution in [2.24, 2.45) is 0 Å².